The fourth-order valence-corrected chi connectivity index (χ4v) is 4.04. The summed E-state index contributed by atoms with van der Waals surface area (Å²) >= 11 is 0. The maximum atomic E-state index is 12.8. The van der Waals surface area contributed by atoms with Gasteiger partial charge in [-0.3, -0.25) is 19.8 Å². The van der Waals surface area contributed by atoms with E-state index >= 15 is 0 Å². The Bertz CT molecular complexity index is 606. The van der Waals surface area contributed by atoms with Gasteiger partial charge in [0.15, 0.2) is 6.29 Å². The highest BCUT2D eigenvalue weighted by atomic mass is 16.7. The minimum absolute atomic E-state index is 0.114. The molecule has 0 aromatic carbocycles. The number of nitrogens with zero attached hydrogens (tertiary/aromatic N) is 1. The molecule has 2 amide bonds. The lowest BCUT2D eigenvalue weighted by Gasteiger charge is -2.41. The van der Waals surface area contributed by atoms with Crippen molar-refractivity contribution in [2.75, 3.05) is 20.3 Å². The molecule has 30 heavy (non-hydrogen) atoms. The van der Waals surface area contributed by atoms with Crippen molar-refractivity contribution in [2.24, 2.45) is 5.41 Å². The van der Waals surface area contributed by atoms with Gasteiger partial charge >= 0.3 is 0 Å². The van der Waals surface area contributed by atoms with Crippen molar-refractivity contribution >= 4 is 17.5 Å². The third-order valence-corrected chi connectivity index (χ3v) is 6.74. The first-order valence-electron chi connectivity index (χ1n) is 11.4. The van der Waals surface area contributed by atoms with Crippen LogP contribution in [0.25, 0.3) is 0 Å². The Morgan fingerprint density at radius 3 is 2.30 bits per heavy atom. The number of amides is 2. The molecule has 0 aromatic heterocycles. The summed E-state index contributed by atoms with van der Waals surface area (Å²) in [5, 5.41) is 10.9. The molecule has 1 unspecified atom stereocenters. The van der Waals surface area contributed by atoms with E-state index in [4.69, 9.17) is 14.9 Å². The predicted molar refractivity (Wildman–Crippen MR) is 118 cm³/mol. The molecule has 1 saturated carbocycles. The van der Waals surface area contributed by atoms with Crippen molar-refractivity contribution in [2.45, 2.75) is 103 Å². The van der Waals surface area contributed by atoms with Gasteiger partial charge in [0, 0.05) is 23.8 Å². The van der Waals surface area contributed by atoms with E-state index in [1.807, 2.05) is 34.7 Å². The van der Waals surface area contributed by atoms with E-state index in [2.05, 4.69) is 10.2 Å². The fourth-order valence-electron chi connectivity index (χ4n) is 4.04. The lowest BCUT2D eigenvalue weighted by molar-refractivity contribution is -0.171. The third-order valence-electron chi connectivity index (χ3n) is 6.74. The van der Waals surface area contributed by atoms with E-state index < -0.39 is 16.9 Å². The minimum Gasteiger partial charge on any atom is -0.353 e. The zero-order valence-corrected chi connectivity index (χ0v) is 19.5. The molecule has 0 radical (unpaired) electrons. The number of likely N-dealkylation sites (N-methyl/N-ethyl adjacent to an activating group) is 1. The van der Waals surface area contributed by atoms with E-state index in [-0.39, 0.29) is 24.3 Å². The van der Waals surface area contributed by atoms with Crippen molar-refractivity contribution in [3.8, 4) is 0 Å². The largest absolute Gasteiger partial charge is 0.353 e. The van der Waals surface area contributed by atoms with Crippen LogP contribution in [-0.4, -0.2) is 60.6 Å². The molecule has 0 aromatic rings. The molecule has 2 rings (SSSR count). The molecule has 1 saturated heterocycles. The van der Waals surface area contributed by atoms with Crippen LogP contribution in [0.1, 0.15) is 85.5 Å². The van der Waals surface area contributed by atoms with Gasteiger partial charge in [-0.05, 0) is 53.0 Å². The summed E-state index contributed by atoms with van der Waals surface area (Å²) in [6.07, 6.45) is 8.46. The van der Waals surface area contributed by atoms with Crippen LogP contribution in [-0.2, 0) is 19.1 Å². The van der Waals surface area contributed by atoms with Gasteiger partial charge in [0.25, 0.3) is 0 Å². The molecule has 2 fully saturated rings. The Hall–Kier alpha value is -1.31. The Morgan fingerprint density at radius 1 is 1.07 bits per heavy atom. The van der Waals surface area contributed by atoms with Gasteiger partial charge < -0.3 is 14.9 Å². The van der Waals surface area contributed by atoms with E-state index in [1.165, 1.54) is 19.3 Å². The summed E-state index contributed by atoms with van der Waals surface area (Å²) in [5.41, 5.74) is -1.13. The summed E-state index contributed by atoms with van der Waals surface area (Å²) in [6.45, 7) is 8.50. The molecule has 172 valence electrons. The van der Waals surface area contributed by atoms with Gasteiger partial charge in [0.05, 0.1) is 18.6 Å². The van der Waals surface area contributed by atoms with E-state index in [1.54, 1.807) is 0 Å². The SMILES string of the molecule is CN(C1CCCCC1)C(C)(C)C(=O)NC(=O)CC(=N)C(C)(C)COC1CCCCO1. The zero-order chi connectivity index (χ0) is 22.4. The molecule has 1 heterocycles. The summed E-state index contributed by atoms with van der Waals surface area (Å²) in [5.74, 6) is -0.741. The van der Waals surface area contributed by atoms with Crippen LogP contribution in [0.2, 0.25) is 0 Å². The van der Waals surface area contributed by atoms with E-state index in [0.717, 1.165) is 32.1 Å². The topological polar surface area (TPSA) is 91.7 Å². The number of nitrogens with one attached hydrogen (secondary N) is 2. The molecule has 7 nitrogen and oxygen atoms in total. The van der Waals surface area contributed by atoms with Crippen LogP contribution >= 0.6 is 0 Å². The van der Waals surface area contributed by atoms with E-state index in [0.29, 0.717) is 19.3 Å². The van der Waals surface area contributed by atoms with Crippen molar-refractivity contribution < 1.29 is 19.1 Å². The standard InChI is InChI=1S/C23H41N3O4/c1-22(2,16-30-20-13-9-10-14-29-20)18(24)15-19(27)25-21(28)23(3,4)26(5)17-11-7-6-8-12-17/h17,20,24H,6-16H2,1-5H3,(H,25,27,28). The number of ether oxygens (including phenoxy) is 2. The highest BCUT2D eigenvalue weighted by Gasteiger charge is 2.38. The monoisotopic (exact) mass is 423 g/mol. The zero-order valence-electron chi connectivity index (χ0n) is 19.5. The smallest absolute Gasteiger partial charge is 0.246 e. The molecule has 2 aliphatic rings. The number of imide groups is 1. The highest BCUT2D eigenvalue weighted by molar-refractivity contribution is 6.08. The van der Waals surface area contributed by atoms with Gasteiger partial charge in [-0.25, -0.2) is 0 Å². The lowest BCUT2D eigenvalue weighted by Crippen LogP contribution is -2.58. The van der Waals surface area contributed by atoms with Crippen molar-refractivity contribution in [1.82, 2.24) is 10.2 Å². The number of rotatable bonds is 9. The molecule has 0 bridgehead atoms. The average molecular weight is 424 g/mol. The average Bonchev–Trinajstić information content (AvgIpc) is 2.73. The van der Waals surface area contributed by atoms with Gasteiger partial charge in [-0.15, -0.1) is 0 Å². The van der Waals surface area contributed by atoms with Crippen LogP contribution in [0.3, 0.4) is 0 Å². The lowest BCUT2D eigenvalue weighted by atomic mass is 9.86. The van der Waals surface area contributed by atoms with Gasteiger partial charge in [0.1, 0.15) is 0 Å². The quantitative estimate of drug-likeness (QED) is 0.552. The Balaban J connectivity index is 1.83. The molecule has 2 N–H and O–H groups in total. The van der Waals surface area contributed by atoms with Crippen LogP contribution in [0.15, 0.2) is 0 Å². The van der Waals surface area contributed by atoms with E-state index in [9.17, 15) is 9.59 Å². The van der Waals surface area contributed by atoms with Crippen molar-refractivity contribution in [3.05, 3.63) is 0 Å². The second-order valence-electron chi connectivity index (χ2n) is 9.99. The highest BCUT2D eigenvalue weighted by Crippen LogP contribution is 2.27. The van der Waals surface area contributed by atoms with Crippen molar-refractivity contribution in [1.29, 1.82) is 5.41 Å². The molecule has 1 aliphatic carbocycles. The second-order valence-corrected chi connectivity index (χ2v) is 9.99. The Labute approximate surface area is 181 Å². The first kappa shape index (κ1) is 25.0. The van der Waals surface area contributed by atoms with Crippen LogP contribution in [0.4, 0.5) is 0 Å². The first-order chi connectivity index (χ1) is 14.0. The third kappa shape index (κ3) is 6.86. The molecular formula is C23H41N3O4. The van der Waals surface area contributed by atoms with Gasteiger partial charge in [-0.1, -0.05) is 33.1 Å². The Morgan fingerprint density at radius 2 is 1.70 bits per heavy atom. The molecule has 1 aliphatic heterocycles. The number of carbonyl (C=O) groups is 2. The maximum Gasteiger partial charge on any atom is 0.246 e. The number of carbonyl (C=O) groups excluding carboxylic acids is 2. The van der Waals surface area contributed by atoms with Crippen LogP contribution < -0.4 is 5.32 Å². The normalized spacial score (nSPS) is 21.5. The van der Waals surface area contributed by atoms with Crippen LogP contribution in [0.5, 0.6) is 0 Å². The summed E-state index contributed by atoms with van der Waals surface area (Å²) in [7, 11) is 1.97. The second kappa shape index (κ2) is 10.8. The number of hydrogen-bond donors (Lipinski definition) is 2. The maximum absolute atomic E-state index is 12.8. The first-order valence-corrected chi connectivity index (χ1v) is 11.4. The minimum atomic E-state index is -0.781. The summed E-state index contributed by atoms with van der Waals surface area (Å²) < 4.78 is 11.4. The predicted octanol–water partition coefficient (Wildman–Crippen LogP) is 3.65. The number of hydrogen-bond acceptors (Lipinski definition) is 6. The van der Waals surface area contributed by atoms with Gasteiger partial charge in [0.2, 0.25) is 11.8 Å². The van der Waals surface area contributed by atoms with Crippen molar-refractivity contribution in [3.63, 3.8) is 0 Å². The summed E-state index contributed by atoms with van der Waals surface area (Å²) in [4.78, 5) is 27.4. The van der Waals surface area contributed by atoms with Crippen LogP contribution in [0, 0.1) is 10.8 Å². The molecule has 1 atom stereocenters. The fraction of sp³-hybridized carbons (Fsp3) is 0.870. The molecule has 0 spiro atoms. The molecule has 7 heteroatoms. The summed E-state index contributed by atoms with van der Waals surface area (Å²) in [6, 6.07) is 0.367. The van der Waals surface area contributed by atoms with Gasteiger partial charge in [-0.2, -0.15) is 0 Å². The molecular weight excluding hydrogens is 382 g/mol. The Kier molecular flexibility index (Phi) is 9.00.